The third-order valence-electron chi connectivity index (χ3n) is 2.35. The number of hydrogen-bond acceptors (Lipinski definition) is 2. The molecule has 1 heterocycles. The van der Waals surface area contributed by atoms with E-state index in [2.05, 4.69) is 21.2 Å². The maximum atomic E-state index is 13.5. The standard InChI is InChI=1S/C10H10BrF2NO/c1-10(4-14-5-10)15-7-3-2-6(12)8(11)9(7)13/h2-3,14H,4-5H2,1H3. The lowest BCUT2D eigenvalue weighted by atomic mass is 10.00. The molecule has 0 radical (unpaired) electrons. The van der Waals surface area contributed by atoms with Crippen molar-refractivity contribution in [1.29, 1.82) is 0 Å². The molecular weight excluding hydrogens is 268 g/mol. The van der Waals surface area contributed by atoms with Crippen molar-refractivity contribution in [3.8, 4) is 5.75 Å². The van der Waals surface area contributed by atoms with Crippen molar-refractivity contribution in [3.63, 3.8) is 0 Å². The van der Waals surface area contributed by atoms with Crippen molar-refractivity contribution in [2.24, 2.45) is 0 Å². The summed E-state index contributed by atoms with van der Waals surface area (Å²) in [6.45, 7) is 3.21. The Morgan fingerprint density at radius 2 is 2.07 bits per heavy atom. The molecule has 0 saturated carbocycles. The zero-order valence-electron chi connectivity index (χ0n) is 8.11. The van der Waals surface area contributed by atoms with Crippen molar-refractivity contribution in [2.75, 3.05) is 13.1 Å². The van der Waals surface area contributed by atoms with Crippen LogP contribution in [-0.2, 0) is 0 Å². The number of benzene rings is 1. The van der Waals surface area contributed by atoms with Gasteiger partial charge in [-0.3, -0.25) is 0 Å². The van der Waals surface area contributed by atoms with Gasteiger partial charge < -0.3 is 10.1 Å². The van der Waals surface area contributed by atoms with Crippen LogP contribution in [0.2, 0.25) is 0 Å². The molecule has 1 aromatic rings. The maximum absolute atomic E-state index is 13.5. The van der Waals surface area contributed by atoms with Gasteiger partial charge in [-0.2, -0.15) is 0 Å². The minimum absolute atomic E-state index is 0.0762. The van der Waals surface area contributed by atoms with Crippen LogP contribution >= 0.6 is 15.9 Å². The summed E-state index contributed by atoms with van der Waals surface area (Å²) in [6, 6.07) is 2.48. The van der Waals surface area contributed by atoms with Gasteiger partial charge in [0.1, 0.15) is 11.4 Å². The van der Waals surface area contributed by atoms with Crippen LogP contribution in [0.5, 0.6) is 5.75 Å². The van der Waals surface area contributed by atoms with E-state index < -0.39 is 17.2 Å². The van der Waals surface area contributed by atoms with E-state index in [9.17, 15) is 8.78 Å². The summed E-state index contributed by atoms with van der Waals surface area (Å²) in [5.41, 5.74) is -0.391. The molecule has 15 heavy (non-hydrogen) atoms. The third-order valence-corrected chi connectivity index (χ3v) is 3.08. The van der Waals surface area contributed by atoms with Crippen LogP contribution in [0.4, 0.5) is 8.78 Å². The van der Waals surface area contributed by atoms with E-state index in [1.165, 1.54) is 12.1 Å². The molecular formula is C10H10BrF2NO. The topological polar surface area (TPSA) is 21.3 Å². The molecule has 0 atom stereocenters. The lowest BCUT2D eigenvalue weighted by Crippen LogP contribution is -2.61. The first-order chi connectivity index (χ1) is 7.02. The van der Waals surface area contributed by atoms with Gasteiger partial charge in [0.25, 0.3) is 0 Å². The minimum atomic E-state index is -0.692. The highest BCUT2D eigenvalue weighted by atomic mass is 79.9. The van der Waals surface area contributed by atoms with Crippen LogP contribution < -0.4 is 10.1 Å². The van der Waals surface area contributed by atoms with E-state index >= 15 is 0 Å². The Bertz CT molecular complexity index is 393. The molecule has 2 rings (SSSR count). The number of rotatable bonds is 2. The molecule has 1 aliphatic heterocycles. The minimum Gasteiger partial charge on any atom is -0.482 e. The molecule has 0 spiro atoms. The van der Waals surface area contributed by atoms with Gasteiger partial charge >= 0.3 is 0 Å². The Morgan fingerprint density at radius 1 is 1.40 bits per heavy atom. The van der Waals surface area contributed by atoms with E-state index in [1.54, 1.807) is 0 Å². The van der Waals surface area contributed by atoms with Crippen LogP contribution in [0.15, 0.2) is 16.6 Å². The molecule has 1 aliphatic rings. The summed E-state index contributed by atoms with van der Waals surface area (Å²) >= 11 is 2.83. The highest BCUT2D eigenvalue weighted by Gasteiger charge is 2.34. The highest BCUT2D eigenvalue weighted by molar-refractivity contribution is 9.10. The molecule has 0 bridgehead atoms. The van der Waals surface area contributed by atoms with Crippen LogP contribution in [0.1, 0.15) is 6.92 Å². The summed E-state index contributed by atoms with van der Waals surface area (Å²) in [5, 5.41) is 3.03. The molecule has 0 unspecified atom stereocenters. The van der Waals surface area contributed by atoms with Crippen LogP contribution in [0.3, 0.4) is 0 Å². The van der Waals surface area contributed by atoms with Gasteiger partial charge in [-0.1, -0.05) is 0 Å². The molecule has 5 heteroatoms. The fourth-order valence-corrected chi connectivity index (χ4v) is 1.73. The maximum Gasteiger partial charge on any atom is 0.182 e. The quantitative estimate of drug-likeness (QED) is 0.839. The fourth-order valence-electron chi connectivity index (χ4n) is 1.40. The molecule has 1 aromatic carbocycles. The van der Waals surface area contributed by atoms with E-state index in [-0.39, 0.29) is 10.2 Å². The Balaban J connectivity index is 2.25. The number of hydrogen-bond donors (Lipinski definition) is 1. The Morgan fingerprint density at radius 3 is 2.60 bits per heavy atom. The lowest BCUT2D eigenvalue weighted by molar-refractivity contribution is 0.0309. The lowest BCUT2D eigenvalue weighted by Gasteiger charge is -2.39. The van der Waals surface area contributed by atoms with Gasteiger partial charge in [-0.25, -0.2) is 8.78 Å². The summed E-state index contributed by atoms with van der Waals surface area (Å²) in [4.78, 5) is 0. The van der Waals surface area contributed by atoms with Gasteiger partial charge in [0.05, 0.1) is 4.47 Å². The van der Waals surface area contributed by atoms with Crippen LogP contribution in [-0.4, -0.2) is 18.7 Å². The summed E-state index contributed by atoms with van der Waals surface area (Å²) < 4.78 is 31.7. The highest BCUT2D eigenvalue weighted by Crippen LogP contribution is 2.30. The summed E-state index contributed by atoms with van der Waals surface area (Å²) in [5.74, 6) is -1.24. The second kappa shape index (κ2) is 3.72. The first-order valence-electron chi connectivity index (χ1n) is 4.55. The average molecular weight is 278 g/mol. The fraction of sp³-hybridized carbons (Fsp3) is 0.400. The predicted molar refractivity (Wildman–Crippen MR) is 56.0 cm³/mol. The smallest absolute Gasteiger partial charge is 0.182 e. The Hall–Kier alpha value is -0.680. The van der Waals surface area contributed by atoms with Gasteiger partial charge in [-0.05, 0) is 35.0 Å². The molecule has 0 aliphatic carbocycles. The molecule has 1 saturated heterocycles. The zero-order chi connectivity index (χ0) is 11.1. The second-order valence-electron chi connectivity index (χ2n) is 3.83. The largest absolute Gasteiger partial charge is 0.482 e. The average Bonchev–Trinajstić information content (AvgIpc) is 2.17. The third kappa shape index (κ3) is 1.99. The zero-order valence-corrected chi connectivity index (χ0v) is 9.70. The number of nitrogens with one attached hydrogen (secondary N) is 1. The monoisotopic (exact) mass is 277 g/mol. The van der Waals surface area contributed by atoms with Gasteiger partial charge in [0, 0.05) is 13.1 Å². The first-order valence-corrected chi connectivity index (χ1v) is 5.34. The van der Waals surface area contributed by atoms with Crippen LogP contribution in [0.25, 0.3) is 0 Å². The normalized spacial score (nSPS) is 18.4. The van der Waals surface area contributed by atoms with Crippen molar-refractivity contribution in [2.45, 2.75) is 12.5 Å². The molecule has 2 nitrogen and oxygen atoms in total. The van der Waals surface area contributed by atoms with Crippen LogP contribution in [0, 0.1) is 11.6 Å². The Kier molecular flexibility index (Phi) is 2.68. The van der Waals surface area contributed by atoms with Crippen molar-refractivity contribution in [1.82, 2.24) is 5.32 Å². The predicted octanol–water partition coefficient (Wildman–Crippen LogP) is 2.47. The second-order valence-corrected chi connectivity index (χ2v) is 4.62. The Labute approximate surface area is 94.7 Å². The van der Waals surface area contributed by atoms with Crippen molar-refractivity contribution < 1.29 is 13.5 Å². The van der Waals surface area contributed by atoms with E-state index in [4.69, 9.17) is 4.74 Å². The first kappa shape index (κ1) is 10.8. The van der Waals surface area contributed by atoms with Gasteiger partial charge in [-0.15, -0.1) is 0 Å². The molecule has 0 aromatic heterocycles. The van der Waals surface area contributed by atoms with Gasteiger partial charge in [0.15, 0.2) is 11.6 Å². The molecule has 0 amide bonds. The van der Waals surface area contributed by atoms with Gasteiger partial charge in [0.2, 0.25) is 0 Å². The van der Waals surface area contributed by atoms with E-state index in [0.717, 1.165) is 0 Å². The summed E-state index contributed by atoms with van der Waals surface area (Å²) in [7, 11) is 0. The van der Waals surface area contributed by atoms with Crippen molar-refractivity contribution >= 4 is 15.9 Å². The number of halogens is 3. The molecule has 82 valence electrons. The van der Waals surface area contributed by atoms with Crippen molar-refractivity contribution in [3.05, 3.63) is 28.2 Å². The summed E-state index contributed by atoms with van der Waals surface area (Å²) in [6.07, 6.45) is 0. The molecule has 1 N–H and O–H groups in total. The van der Waals surface area contributed by atoms with E-state index in [1.807, 2.05) is 6.92 Å². The molecule has 1 fully saturated rings. The SMILES string of the molecule is CC1(Oc2ccc(F)c(Br)c2F)CNC1. The number of ether oxygens (including phenoxy) is 1. The van der Waals surface area contributed by atoms with E-state index in [0.29, 0.717) is 13.1 Å².